The van der Waals surface area contributed by atoms with Crippen LogP contribution in [0.4, 0.5) is 4.39 Å². The van der Waals surface area contributed by atoms with E-state index in [0.29, 0.717) is 25.4 Å². The summed E-state index contributed by atoms with van der Waals surface area (Å²) < 4.78 is 18.9. The number of halogens is 2. The maximum absolute atomic E-state index is 13.3. The zero-order valence-corrected chi connectivity index (χ0v) is 12.5. The maximum atomic E-state index is 13.3. The Morgan fingerprint density at radius 2 is 2.23 bits per heavy atom. The molecular formula is C16H14ClFN2O2. The van der Waals surface area contributed by atoms with Crippen molar-refractivity contribution >= 4 is 17.5 Å². The van der Waals surface area contributed by atoms with E-state index in [2.05, 4.69) is 4.98 Å². The molecule has 0 spiro atoms. The molecule has 0 aliphatic carbocycles. The molecule has 1 amide bonds. The number of benzene rings is 1. The topological polar surface area (TPSA) is 42.4 Å². The monoisotopic (exact) mass is 320 g/mol. The quantitative estimate of drug-likeness (QED) is 0.869. The molecule has 1 aliphatic heterocycles. The summed E-state index contributed by atoms with van der Waals surface area (Å²) in [6.07, 6.45) is 3.33. The summed E-state index contributed by atoms with van der Waals surface area (Å²) in [5, 5.41) is 0.223. The van der Waals surface area contributed by atoms with Gasteiger partial charge in [0.15, 0.2) is 0 Å². The second kappa shape index (κ2) is 6.32. The zero-order chi connectivity index (χ0) is 15.5. The van der Waals surface area contributed by atoms with Gasteiger partial charge in [0.05, 0.1) is 12.8 Å². The minimum atomic E-state index is -0.507. The molecular weight excluding hydrogens is 307 g/mol. The van der Waals surface area contributed by atoms with Crippen LogP contribution in [0.3, 0.4) is 0 Å². The highest BCUT2D eigenvalue weighted by atomic mass is 35.5. The number of aromatic nitrogens is 1. The normalized spacial score (nSPS) is 14.5. The highest BCUT2D eigenvalue weighted by molar-refractivity contribution is 6.31. The van der Waals surface area contributed by atoms with E-state index in [-0.39, 0.29) is 22.4 Å². The molecule has 0 unspecified atom stereocenters. The largest absolute Gasteiger partial charge is 0.492 e. The Balaban J connectivity index is 1.51. The summed E-state index contributed by atoms with van der Waals surface area (Å²) in [4.78, 5) is 17.8. The van der Waals surface area contributed by atoms with E-state index in [1.165, 1.54) is 18.2 Å². The van der Waals surface area contributed by atoms with Gasteiger partial charge in [-0.1, -0.05) is 11.6 Å². The van der Waals surface area contributed by atoms with Crippen molar-refractivity contribution in [3.63, 3.8) is 0 Å². The number of rotatable bonds is 4. The highest BCUT2D eigenvalue weighted by Gasteiger charge is 2.31. The lowest BCUT2D eigenvalue weighted by molar-refractivity contribution is 0.0392. The molecule has 0 radical (unpaired) electrons. The molecule has 6 heteroatoms. The van der Waals surface area contributed by atoms with Crippen LogP contribution in [0.1, 0.15) is 10.4 Å². The summed E-state index contributed by atoms with van der Waals surface area (Å²) in [5.74, 6) is 0.268. The molecule has 114 valence electrons. The fourth-order valence-electron chi connectivity index (χ4n) is 2.35. The number of pyridine rings is 1. The van der Waals surface area contributed by atoms with E-state index in [0.717, 1.165) is 0 Å². The van der Waals surface area contributed by atoms with Crippen LogP contribution in [-0.4, -0.2) is 35.5 Å². The van der Waals surface area contributed by atoms with Gasteiger partial charge in [-0.2, -0.15) is 0 Å². The number of ether oxygens (including phenoxy) is 1. The van der Waals surface area contributed by atoms with E-state index in [1.807, 2.05) is 6.07 Å². The lowest BCUT2D eigenvalue weighted by atomic mass is 10.00. The van der Waals surface area contributed by atoms with Crippen LogP contribution in [0, 0.1) is 11.7 Å². The fourth-order valence-corrected chi connectivity index (χ4v) is 2.57. The Bertz CT molecular complexity index is 655. The van der Waals surface area contributed by atoms with E-state index < -0.39 is 5.82 Å². The minimum Gasteiger partial charge on any atom is -0.492 e. The lowest BCUT2D eigenvalue weighted by Gasteiger charge is -2.39. The Hall–Kier alpha value is -2.14. The van der Waals surface area contributed by atoms with Crippen LogP contribution in [0.25, 0.3) is 0 Å². The Morgan fingerprint density at radius 3 is 2.91 bits per heavy atom. The number of amides is 1. The van der Waals surface area contributed by atoms with Crippen LogP contribution in [-0.2, 0) is 0 Å². The molecule has 1 aromatic carbocycles. The minimum absolute atomic E-state index is 0.209. The molecule has 22 heavy (non-hydrogen) atoms. The molecule has 0 atom stereocenters. The molecule has 4 nitrogen and oxygen atoms in total. The van der Waals surface area contributed by atoms with Gasteiger partial charge in [-0.05, 0) is 30.3 Å². The SMILES string of the molecule is O=C(c1cc(F)cc(Cl)c1)N1CC(COc2cccnc2)C1. The second-order valence-electron chi connectivity index (χ2n) is 5.23. The number of nitrogens with zero attached hydrogens (tertiary/aromatic N) is 2. The third-order valence-electron chi connectivity index (χ3n) is 3.47. The van der Waals surface area contributed by atoms with Gasteiger partial charge < -0.3 is 9.64 Å². The summed E-state index contributed by atoms with van der Waals surface area (Å²) >= 11 is 5.77. The molecule has 1 fully saturated rings. The van der Waals surface area contributed by atoms with Crippen molar-refractivity contribution in [1.29, 1.82) is 0 Å². The van der Waals surface area contributed by atoms with Crippen LogP contribution < -0.4 is 4.74 Å². The van der Waals surface area contributed by atoms with E-state index in [9.17, 15) is 9.18 Å². The van der Waals surface area contributed by atoms with Gasteiger partial charge in [-0.15, -0.1) is 0 Å². The van der Waals surface area contributed by atoms with Crippen molar-refractivity contribution in [2.24, 2.45) is 5.92 Å². The predicted octanol–water partition coefficient (Wildman–Crippen LogP) is 3.03. The maximum Gasteiger partial charge on any atom is 0.254 e. The van der Waals surface area contributed by atoms with Crippen molar-refractivity contribution in [2.75, 3.05) is 19.7 Å². The summed E-state index contributed by atoms with van der Waals surface area (Å²) in [6.45, 7) is 1.71. The number of hydrogen-bond acceptors (Lipinski definition) is 3. The Labute approximate surface area is 132 Å². The average Bonchev–Trinajstić information content (AvgIpc) is 2.45. The number of likely N-dealkylation sites (tertiary alicyclic amines) is 1. The lowest BCUT2D eigenvalue weighted by Crippen LogP contribution is -2.52. The molecule has 1 aromatic heterocycles. The first-order chi connectivity index (χ1) is 10.6. The fraction of sp³-hybridized carbons (Fsp3) is 0.250. The van der Waals surface area contributed by atoms with Gasteiger partial charge in [0.25, 0.3) is 5.91 Å². The predicted molar refractivity (Wildman–Crippen MR) is 80.5 cm³/mol. The summed E-state index contributed by atoms with van der Waals surface area (Å²) in [5.41, 5.74) is 0.275. The van der Waals surface area contributed by atoms with E-state index >= 15 is 0 Å². The van der Waals surface area contributed by atoms with Crippen molar-refractivity contribution in [2.45, 2.75) is 0 Å². The Kier molecular flexibility index (Phi) is 4.24. The van der Waals surface area contributed by atoms with Crippen LogP contribution >= 0.6 is 11.6 Å². The van der Waals surface area contributed by atoms with Gasteiger partial charge in [0, 0.05) is 35.8 Å². The standard InChI is InChI=1S/C16H14ClFN2O2/c17-13-4-12(5-14(18)6-13)16(21)20-8-11(9-20)10-22-15-2-1-3-19-7-15/h1-7,11H,8-10H2. The van der Waals surface area contributed by atoms with E-state index in [1.54, 1.807) is 23.4 Å². The first-order valence-electron chi connectivity index (χ1n) is 6.90. The average molecular weight is 321 g/mol. The van der Waals surface area contributed by atoms with Crippen molar-refractivity contribution in [3.05, 3.63) is 59.1 Å². The summed E-state index contributed by atoms with van der Waals surface area (Å²) in [6, 6.07) is 7.50. The van der Waals surface area contributed by atoms with Crippen molar-refractivity contribution in [1.82, 2.24) is 9.88 Å². The van der Waals surface area contributed by atoms with Crippen molar-refractivity contribution in [3.8, 4) is 5.75 Å². The molecule has 0 saturated carbocycles. The third-order valence-corrected chi connectivity index (χ3v) is 3.69. The van der Waals surface area contributed by atoms with Gasteiger partial charge in [-0.3, -0.25) is 9.78 Å². The molecule has 0 bridgehead atoms. The van der Waals surface area contributed by atoms with Gasteiger partial charge in [0.2, 0.25) is 0 Å². The molecule has 3 rings (SSSR count). The van der Waals surface area contributed by atoms with Crippen LogP contribution in [0.5, 0.6) is 5.75 Å². The molecule has 2 heterocycles. The molecule has 1 aliphatic rings. The van der Waals surface area contributed by atoms with Gasteiger partial charge in [0.1, 0.15) is 11.6 Å². The molecule has 1 saturated heterocycles. The first-order valence-corrected chi connectivity index (χ1v) is 7.28. The van der Waals surface area contributed by atoms with Gasteiger partial charge >= 0.3 is 0 Å². The van der Waals surface area contributed by atoms with Crippen LogP contribution in [0.15, 0.2) is 42.7 Å². The first kappa shape index (κ1) is 14.8. The number of carbonyl (C=O) groups is 1. The Morgan fingerprint density at radius 1 is 1.41 bits per heavy atom. The second-order valence-corrected chi connectivity index (χ2v) is 5.67. The van der Waals surface area contributed by atoms with E-state index in [4.69, 9.17) is 16.3 Å². The van der Waals surface area contributed by atoms with Crippen molar-refractivity contribution < 1.29 is 13.9 Å². The van der Waals surface area contributed by atoms with Crippen LogP contribution in [0.2, 0.25) is 5.02 Å². The third kappa shape index (κ3) is 3.36. The smallest absolute Gasteiger partial charge is 0.254 e. The summed E-state index contributed by atoms with van der Waals surface area (Å²) in [7, 11) is 0. The zero-order valence-electron chi connectivity index (χ0n) is 11.7. The molecule has 0 N–H and O–H groups in total. The van der Waals surface area contributed by atoms with Gasteiger partial charge in [-0.25, -0.2) is 4.39 Å². The molecule has 2 aromatic rings. The number of hydrogen-bond donors (Lipinski definition) is 0. The number of carbonyl (C=O) groups excluding carboxylic acids is 1. The highest BCUT2D eigenvalue weighted by Crippen LogP contribution is 2.22.